The zero-order chi connectivity index (χ0) is 13.1. The van der Waals surface area contributed by atoms with Gasteiger partial charge >= 0.3 is 0 Å². The van der Waals surface area contributed by atoms with Crippen LogP contribution in [0.3, 0.4) is 0 Å². The zero-order valence-electron chi connectivity index (χ0n) is 12.1. The zero-order valence-corrected chi connectivity index (χ0v) is 12.1. The van der Waals surface area contributed by atoms with Gasteiger partial charge in [0.25, 0.3) is 0 Å². The fourth-order valence-electron chi connectivity index (χ4n) is 3.60. The monoisotopic (exact) mass is 258 g/mol. The molecule has 0 radical (unpaired) electrons. The fraction of sp³-hybridized carbons (Fsp3) is 0.647. The first-order valence-electron chi connectivity index (χ1n) is 7.79. The predicted molar refractivity (Wildman–Crippen MR) is 80.6 cm³/mol. The van der Waals surface area contributed by atoms with Crippen LogP contribution in [0.4, 0.5) is 0 Å². The van der Waals surface area contributed by atoms with Gasteiger partial charge in [-0.1, -0.05) is 24.3 Å². The van der Waals surface area contributed by atoms with Gasteiger partial charge in [0.1, 0.15) is 0 Å². The van der Waals surface area contributed by atoms with Crippen molar-refractivity contribution < 1.29 is 0 Å². The minimum atomic E-state index is 0.762. The molecule has 0 saturated carbocycles. The van der Waals surface area contributed by atoms with Gasteiger partial charge < -0.3 is 10.2 Å². The van der Waals surface area contributed by atoms with E-state index in [9.17, 15) is 0 Å². The summed E-state index contributed by atoms with van der Waals surface area (Å²) in [6.07, 6.45) is 5.29. The van der Waals surface area contributed by atoms with Crippen molar-refractivity contribution in [1.82, 2.24) is 10.2 Å². The lowest BCUT2D eigenvalue weighted by Crippen LogP contribution is -2.28. The van der Waals surface area contributed by atoms with E-state index in [2.05, 4.69) is 41.5 Å². The Morgan fingerprint density at radius 2 is 2.05 bits per heavy atom. The molecule has 2 aliphatic heterocycles. The summed E-state index contributed by atoms with van der Waals surface area (Å²) in [5.74, 6) is 1.65. The van der Waals surface area contributed by atoms with Gasteiger partial charge in [-0.05, 0) is 75.3 Å². The number of likely N-dealkylation sites (tertiary alicyclic amines) is 1. The number of benzene rings is 1. The molecule has 2 fully saturated rings. The van der Waals surface area contributed by atoms with Crippen LogP contribution in [0, 0.1) is 5.92 Å². The van der Waals surface area contributed by atoms with Crippen molar-refractivity contribution >= 4 is 0 Å². The Labute approximate surface area is 117 Å². The van der Waals surface area contributed by atoms with Crippen LogP contribution in [0.2, 0.25) is 0 Å². The third-order valence-corrected chi connectivity index (χ3v) is 4.80. The quantitative estimate of drug-likeness (QED) is 0.896. The highest BCUT2D eigenvalue weighted by Gasteiger charge is 2.21. The lowest BCUT2D eigenvalue weighted by Gasteiger charge is -2.23. The lowest BCUT2D eigenvalue weighted by atomic mass is 9.89. The van der Waals surface area contributed by atoms with Gasteiger partial charge in [-0.15, -0.1) is 0 Å². The molecule has 2 heteroatoms. The van der Waals surface area contributed by atoms with Gasteiger partial charge in [0.05, 0.1) is 0 Å². The van der Waals surface area contributed by atoms with Crippen molar-refractivity contribution in [2.45, 2.75) is 31.6 Å². The summed E-state index contributed by atoms with van der Waals surface area (Å²) >= 11 is 0. The molecule has 2 aliphatic rings. The molecular weight excluding hydrogens is 232 g/mol. The first-order valence-corrected chi connectivity index (χ1v) is 7.79. The van der Waals surface area contributed by atoms with E-state index < -0.39 is 0 Å². The summed E-state index contributed by atoms with van der Waals surface area (Å²) in [7, 11) is 2.23. The summed E-state index contributed by atoms with van der Waals surface area (Å²) in [6, 6.07) is 9.40. The van der Waals surface area contributed by atoms with Crippen LogP contribution in [0.25, 0.3) is 0 Å². The average molecular weight is 258 g/mol. The topological polar surface area (TPSA) is 15.3 Å². The lowest BCUT2D eigenvalue weighted by molar-refractivity contribution is 0.372. The number of likely N-dealkylation sites (N-methyl/N-ethyl adjacent to an activating group) is 1. The summed E-state index contributed by atoms with van der Waals surface area (Å²) in [5, 5.41) is 3.46. The number of hydrogen-bond donors (Lipinski definition) is 1. The van der Waals surface area contributed by atoms with Crippen LogP contribution >= 0.6 is 0 Å². The normalized spacial score (nSPS) is 25.8. The molecule has 1 aromatic rings. The van der Waals surface area contributed by atoms with Crippen molar-refractivity contribution in [3.05, 3.63) is 35.4 Å². The van der Waals surface area contributed by atoms with Crippen LogP contribution in [0.15, 0.2) is 24.3 Å². The first kappa shape index (κ1) is 13.1. The summed E-state index contributed by atoms with van der Waals surface area (Å²) < 4.78 is 0. The predicted octanol–water partition coefficient (Wildman–Crippen LogP) is 2.65. The van der Waals surface area contributed by atoms with Crippen LogP contribution < -0.4 is 5.32 Å². The van der Waals surface area contributed by atoms with Crippen LogP contribution in [0.5, 0.6) is 0 Å². The van der Waals surface area contributed by atoms with E-state index >= 15 is 0 Å². The molecular formula is C17H26N2. The molecule has 0 amide bonds. The molecule has 1 N–H and O–H groups in total. The second kappa shape index (κ2) is 6.06. The van der Waals surface area contributed by atoms with E-state index in [0.29, 0.717) is 0 Å². The highest BCUT2D eigenvalue weighted by atomic mass is 15.1. The Kier molecular flexibility index (Phi) is 4.19. The van der Waals surface area contributed by atoms with Crippen molar-refractivity contribution in [3.63, 3.8) is 0 Å². The van der Waals surface area contributed by atoms with Gasteiger partial charge in [0.15, 0.2) is 0 Å². The largest absolute Gasteiger partial charge is 0.317 e. The maximum atomic E-state index is 3.46. The third kappa shape index (κ3) is 3.37. The van der Waals surface area contributed by atoms with E-state index in [-0.39, 0.29) is 0 Å². The van der Waals surface area contributed by atoms with E-state index in [0.717, 1.165) is 11.8 Å². The van der Waals surface area contributed by atoms with Gasteiger partial charge in [0, 0.05) is 6.54 Å². The van der Waals surface area contributed by atoms with E-state index in [1.165, 1.54) is 51.9 Å². The molecule has 104 valence electrons. The van der Waals surface area contributed by atoms with Gasteiger partial charge in [0.2, 0.25) is 0 Å². The van der Waals surface area contributed by atoms with Crippen LogP contribution in [-0.4, -0.2) is 38.1 Å². The van der Waals surface area contributed by atoms with E-state index in [1.54, 1.807) is 11.1 Å². The number of nitrogens with one attached hydrogen (secondary N) is 1. The van der Waals surface area contributed by atoms with Crippen LogP contribution in [0.1, 0.15) is 36.3 Å². The first-order chi connectivity index (χ1) is 9.31. The summed E-state index contributed by atoms with van der Waals surface area (Å²) in [5.41, 5.74) is 3.12. The Morgan fingerprint density at radius 1 is 1.21 bits per heavy atom. The number of hydrogen-bond acceptors (Lipinski definition) is 2. The van der Waals surface area contributed by atoms with Crippen molar-refractivity contribution in [2.75, 3.05) is 33.2 Å². The molecule has 2 heterocycles. The molecule has 0 bridgehead atoms. The molecule has 0 spiro atoms. The van der Waals surface area contributed by atoms with Gasteiger partial charge in [-0.2, -0.15) is 0 Å². The highest BCUT2D eigenvalue weighted by Crippen LogP contribution is 2.28. The van der Waals surface area contributed by atoms with Gasteiger partial charge in [-0.3, -0.25) is 0 Å². The Hall–Kier alpha value is -0.860. The second-order valence-electron chi connectivity index (χ2n) is 6.39. The number of rotatable bonds is 3. The molecule has 0 aliphatic carbocycles. The van der Waals surface area contributed by atoms with E-state index in [1.807, 2.05) is 0 Å². The maximum absolute atomic E-state index is 3.46. The Balaban J connectivity index is 1.65. The number of nitrogens with zero attached hydrogens (tertiary/aromatic N) is 1. The average Bonchev–Trinajstić information content (AvgIpc) is 2.87. The standard InChI is InChI=1S/C17H26N2/c1-19-10-7-17(13-19)16-4-2-3-15(12-16)11-14-5-8-18-9-6-14/h2-4,12,14,17-18H,5-11,13H2,1H3. The molecule has 1 aromatic carbocycles. The molecule has 1 atom stereocenters. The van der Waals surface area contributed by atoms with Crippen LogP contribution in [-0.2, 0) is 6.42 Å². The third-order valence-electron chi connectivity index (χ3n) is 4.80. The minimum Gasteiger partial charge on any atom is -0.317 e. The number of piperidine rings is 1. The molecule has 19 heavy (non-hydrogen) atoms. The van der Waals surface area contributed by atoms with E-state index in [4.69, 9.17) is 0 Å². The summed E-state index contributed by atoms with van der Waals surface area (Å²) in [4.78, 5) is 2.45. The SMILES string of the molecule is CN1CCC(c2cccc(CC3CCNCC3)c2)C1. The second-order valence-corrected chi connectivity index (χ2v) is 6.39. The van der Waals surface area contributed by atoms with Crippen molar-refractivity contribution in [1.29, 1.82) is 0 Å². The van der Waals surface area contributed by atoms with Crippen molar-refractivity contribution in [2.24, 2.45) is 5.92 Å². The molecule has 3 rings (SSSR count). The molecule has 1 unspecified atom stereocenters. The van der Waals surface area contributed by atoms with Crippen molar-refractivity contribution in [3.8, 4) is 0 Å². The maximum Gasteiger partial charge on any atom is 0.00477 e. The fourth-order valence-corrected chi connectivity index (χ4v) is 3.60. The molecule has 2 nitrogen and oxygen atoms in total. The Morgan fingerprint density at radius 3 is 2.79 bits per heavy atom. The highest BCUT2D eigenvalue weighted by molar-refractivity contribution is 5.28. The van der Waals surface area contributed by atoms with Gasteiger partial charge in [-0.25, -0.2) is 0 Å². The summed E-state index contributed by atoms with van der Waals surface area (Å²) in [6.45, 7) is 4.90. The Bertz CT molecular complexity index is 409. The molecule has 0 aromatic heterocycles. The minimum absolute atomic E-state index is 0.762. The smallest absolute Gasteiger partial charge is 0.00477 e. The molecule has 2 saturated heterocycles.